The molecule has 18 heavy (non-hydrogen) atoms. The van der Waals surface area contributed by atoms with E-state index in [1.54, 1.807) is 0 Å². The van der Waals surface area contributed by atoms with E-state index in [1.807, 2.05) is 0 Å². The second kappa shape index (κ2) is 11.8. The maximum absolute atomic E-state index is 2.49. The van der Waals surface area contributed by atoms with Gasteiger partial charge in [0.1, 0.15) is 0 Å². The molecule has 0 aromatic carbocycles. The standard InChI is InChI=1S/C17H33N/c1-18-16-14-12-10-8-6-4-2-3-5-7-9-11-13-15-17-18/h10,12H,2-9,11,13-17H2,1H3/b12-10-. The molecule has 0 saturated carbocycles. The zero-order valence-corrected chi connectivity index (χ0v) is 12.5. The van der Waals surface area contributed by atoms with Crippen molar-refractivity contribution >= 4 is 0 Å². The molecule has 0 unspecified atom stereocenters. The van der Waals surface area contributed by atoms with Crippen molar-refractivity contribution in [1.82, 2.24) is 4.90 Å². The van der Waals surface area contributed by atoms with Crippen molar-refractivity contribution in [3.05, 3.63) is 12.2 Å². The molecule has 1 heteroatoms. The lowest BCUT2D eigenvalue weighted by atomic mass is 10.1. The third-order valence-corrected chi connectivity index (χ3v) is 4.00. The molecule has 0 N–H and O–H groups in total. The molecule has 1 heterocycles. The highest BCUT2D eigenvalue weighted by Gasteiger charge is 1.98. The van der Waals surface area contributed by atoms with Crippen LogP contribution in [0.2, 0.25) is 0 Å². The van der Waals surface area contributed by atoms with Crippen LogP contribution < -0.4 is 0 Å². The van der Waals surface area contributed by atoms with Gasteiger partial charge in [-0.2, -0.15) is 0 Å². The summed E-state index contributed by atoms with van der Waals surface area (Å²) >= 11 is 0. The van der Waals surface area contributed by atoms with Crippen molar-refractivity contribution in [2.45, 2.75) is 77.0 Å². The Bertz CT molecular complexity index is 198. The lowest BCUT2D eigenvalue weighted by Gasteiger charge is -2.15. The first-order valence-corrected chi connectivity index (χ1v) is 8.23. The van der Waals surface area contributed by atoms with Crippen molar-refractivity contribution < 1.29 is 0 Å². The average molecular weight is 251 g/mol. The number of allylic oxidation sites excluding steroid dienone is 1. The number of hydrogen-bond acceptors (Lipinski definition) is 1. The van der Waals surface area contributed by atoms with Gasteiger partial charge in [-0.3, -0.25) is 0 Å². The summed E-state index contributed by atoms with van der Waals surface area (Å²) in [5.41, 5.74) is 0. The zero-order valence-electron chi connectivity index (χ0n) is 12.5. The number of nitrogens with zero attached hydrogens (tertiary/aromatic N) is 1. The molecule has 0 atom stereocenters. The molecule has 106 valence electrons. The van der Waals surface area contributed by atoms with E-state index in [9.17, 15) is 0 Å². The van der Waals surface area contributed by atoms with Gasteiger partial charge in [0.25, 0.3) is 0 Å². The Morgan fingerprint density at radius 1 is 0.556 bits per heavy atom. The first-order valence-electron chi connectivity index (χ1n) is 8.23. The van der Waals surface area contributed by atoms with Crippen molar-refractivity contribution in [1.29, 1.82) is 0 Å². The topological polar surface area (TPSA) is 3.24 Å². The van der Waals surface area contributed by atoms with Gasteiger partial charge in [0.2, 0.25) is 0 Å². The molecule has 1 rings (SSSR count). The molecule has 1 aliphatic heterocycles. The van der Waals surface area contributed by atoms with Gasteiger partial charge < -0.3 is 4.90 Å². The summed E-state index contributed by atoms with van der Waals surface area (Å²) < 4.78 is 0. The largest absolute Gasteiger partial charge is 0.306 e. The molecule has 0 amide bonds. The van der Waals surface area contributed by atoms with Crippen molar-refractivity contribution in [3.8, 4) is 0 Å². The van der Waals surface area contributed by atoms with Gasteiger partial charge in [0, 0.05) is 6.54 Å². The lowest BCUT2D eigenvalue weighted by Crippen LogP contribution is -2.20. The zero-order chi connectivity index (χ0) is 12.9. The Kier molecular flexibility index (Phi) is 10.3. The normalized spacial score (nSPS) is 25.4. The molecular weight excluding hydrogens is 218 g/mol. The molecule has 0 bridgehead atoms. The van der Waals surface area contributed by atoms with E-state index in [0.29, 0.717) is 0 Å². The van der Waals surface area contributed by atoms with Gasteiger partial charge in [0.05, 0.1) is 0 Å². The van der Waals surface area contributed by atoms with Gasteiger partial charge in [-0.25, -0.2) is 0 Å². The molecule has 0 aromatic rings. The van der Waals surface area contributed by atoms with Crippen LogP contribution in [0.15, 0.2) is 12.2 Å². The van der Waals surface area contributed by atoms with Crippen LogP contribution in [0.3, 0.4) is 0 Å². The number of rotatable bonds is 0. The molecule has 1 aliphatic rings. The molecule has 0 radical (unpaired) electrons. The molecule has 0 fully saturated rings. The lowest BCUT2D eigenvalue weighted by molar-refractivity contribution is 0.329. The van der Waals surface area contributed by atoms with Crippen LogP contribution in [0.5, 0.6) is 0 Å². The molecule has 0 spiro atoms. The monoisotopic (exact) mass is 251 g/mol. The van der Waals surface area contributed by atoms with Crippen LogP contribution in [-0.4, -0.2) is 25.0 Å². The van der Waals surface area contributed by atoms with Gasteiger partial charge in [-0.05, 0) is 39.3 Å². The Morgan fingerprint density at radius 2 is 1.06 bits per heavy atom. The van der Waals surface area contributed by atoms with Crippen LogP contribution in [0.1, 0.15) is 77.0 Å². The fourth-order valence-corrected chi connectivity index (χ4v) is 2.70. The van der Waals surface area contributed by atoms with Gasteiger partial charge >= 0.3 is 0 Å². The smallest absolute Gasteiger partial charge is 0.00128 e. The van der Waals surface area contributed by atoms with E-state index in [-0.39, 0.29) is 0 Å². The summed E-state index contributed by atoms with van der Waals surface area (Å²) in [6.07, 6.45) is 21.7. The van der Waals surface area contributed by atoms with Crippen molar-refractivity contribution in [2.24, 2.45) is 0 Å². The van der Waals surface area contributed by atoms with Crippen molar-refractivity contribution in [2.75, 3.05) is 20.1 Å². The van der Waals surface area contributed by atoms with E-state index >= 15 is 0 Å². The minimum atomic E-state index is 1.23. The van der Waals surface area contributed by atoms with E-state index in [2.05, 4.69) is 24.1 Å². The summed E-state index contributed by atoms with van der Waals surface area (Å²) in [7, 11) is 2.27. The summed E-state index contributed by atoms with van der Waals surface area (Å²) in [6, 6.07) is 0. The highest BCUT2D eigenvalue weighted by atomic mass is 15.1. The fraction of sp³-hybridized carbons (Fsp3) is 0.882. The Hall–Kier alpha value is -0.300. The molecule has 0 aromatic heterocycles. The SMILES string of the molecule is CN1CC/C=C\CCCCCCCCCCCC1. The second-order valence-corrected chi connectivity index (χ2v) is 5.89. The Labute approximate surface area is 115 Å². The quantitative estimate of drug-likeness (QED) is 0.537. The highest BCUT2D eigenvalue weighted by molar-refractivity contribution is 4.82. The third-order valence-electron chi connectivity index (χ3n) is 4.00. The van der Waals surface area contributed by atoms with Gasteiger partial charge in [0.15, 0.2) is 0 Å². The molecular formula is C17H33N. The minimum absolute atomic E-state index is 1.23. The highest BCUT2D eigenvalue weighted by Crippen LogP contribution is 2.12. The average Bonchev–Trinajstić information content (AvgIpc) is 2.37. The van der Waals surface area contributed by atoms with Crippen LogP contribution in [0.4, 0.5) is 0 Å². The van der Waals surface area contributed by atoms with Gasteiger partial charge in [-0.15, -0.1) is 0 Å². The maximum atomic E-state index is 2.49. The molecule has 0 saturated heterocycles. The van der Waals surface area contributed by atoms with E-state index < -0.39 is 0 Å². The summed E-state index contributed by atoms with van der Waals surface area (Å²) in [4.78, 5) is 2.49. The predicted molar refractivity (Wildman–Crippen MR) is 82.0 cm³/mol. The third kappa shape index (κ3) is 9.70. The predicted octanol–water partition coefficient (Wildman–Crippen LogP) is 5.17. The Balaban J connectivity index is 2.16. The first kappa shape index (κ1) is 15.8. The summed E-state index contributed by atoms with van der Waals surface area (Å²) in [6.45, 7) is 2.52. The fourth-order valence-electron chi connectivity index (χ4n) is 2.70. The second-order valence-electron chi connectivity index (χ2n) is 5.89. The molecule has 0 aliphatic carbocycles. The van der Waals surface area contributed by atoms with Crippen molar-refractivity contribution in [3.63, 3.8) is 0 Å². The van der Waals surface area contributed by atoms with Crippen LogP contribution in [0.25, 0.3) is 0 Å². The summed E-state index contributed by atoms with van der Waals surface area (Å²) in [5, 5.41) is 0. The Morgan fingerprint density at radius 3 is 1.72 bits per heavy atom. The minimum Gasteiger partial charge on any atom is -0.306 e. The first-order chi connectivity index (χ1) is 8.89. The van der Waals surface area contributed by atoms with Crippen LogP contribution in [0, 0.1) is 0 Å². The van der Waals surface area contributed by atoms with E-state index in [4.69, 9.17) is 0 Å². The summed E-state index contributed by atoms with van der Waals surface area (Å²) in [5.74, 6) is 0. The maximum Gasteiger partial charge on any atom is 0.00128 e. The van der Waals surface area contributed by atoms with Crippen LogP contribution in [-0.2, 0) is 0 Å². The number of hydrogen-bond donors (Lipinski definition) is 0. The molecule has 1 nitrogen and oxygen atoms in total. The van der Waals surface area contributed by atoms with Gasteiger partial charge in [-0.1, -0.05) is 63.5 Å². The van der Waals surface area contributed by atoms with Crippen LogP contribution >= 0.6 is 0 Å². The van der Waals surface area contributed by atoms with E-state index in [0.717, 1.165) is 0 Å². The van der Waals surface area contributed by atoms with E-state index in [1.165, 1.54) is 90.1 Å².